The average molecular weight is 317 g/mol. The molecule has 0 atom stereocenters. The van der Waals surface area contributed by atoms with E-state index in [1.54, 1.807) is 0 Å². The summed E-state index contributed by atoms with van der Waals surface area (Å²) in [5, 5.41) is 3.32. The number of amides is 1. The third-order valence-electron chi connectivity index (χ3n) is 4.74. The third-order valence-corrected chi connectivity index (χ3v) is 6.04. The first-order valence-electron chi connectivity index (χ1n) is 7.84. The molecule has 0 spiro atoms. The van der Waals surface area contributed by atoms with Gasteiger partial charge in [0.25, 0.3) is 0 Å². The first-order valence-corrected chi connectivity index (χ1v) is 9.69. The van der Waals surface area contributed by atoms with Gasteiger partial charge in [0.15, 0.2) is 0 Å². The number of carbonyl (C=O) groups excluding carboxylic acids is 1. The van der Waals surface area contributed by atoms with Gasteiger partial charge >= 0.3 is 0 Å². The van der Waals surface area contributed by atoms with E-state index < -0.39 is 10.0 Å². The molecule has 2 saturated heterocycles. The van der Waals surface area contributed by atoms with Gasteiger partial charge in [-0.15, -0.1) is 0 Å². The number of piperidine rings is 1. The Bertz CT molecular complexity index is 458. The minimum atomic E-state index is -3.14. The van der Waals surface area contributed by atoms with E-state index in [-0.39, 0.29) is 11.3 Å². The lowest BCUT2D eigenvalue weighted by atomic mass is 9.74. The Morgan fingerprint density at radius 3 is 2.19 bits per heavy atom. The van der Waals surface area contributed by atoms with Gasteiger partial charge in [-0.25, -0.2) is 8.42 Å². The zero-order chi connectivity index (χ0) is 15.5. The largest absolute Gasteiger partial charge is 0.340 e. The molecule has 2 aliphatic heterocycles. The number of nitrogens with one attached hydrogen (secondary N) is 1. The molecule has 21 heavy (non-hydrogen) atoms. The summed E-state index contributed by atoms with van der Waals surface area (Å²) in [7, 11) is -3.14. The average Bonchev–Trinajstić information content (AvgIpc) is 2.47. The molecule has 6 nitrogen and oxygen atoms in total. The quantitative estimate of drug-likeness (QED) is 0.807. The Balaban J connectivity index is 2.02. The van der Waals surface area contributed by atoms with Crippen LogP contribution in [0.3, 0.4) is 0 Å². The number of nitrogens with zero attached hydrogens (tertiary/aromatic N) is 2. The Morgan fingerprint density at radius 1 is 1.14 bits per heavy atom. The monoisotopic (exact) mass is 317 g/mol. The maximum absolute atomic E-state index is 13.0. The molecule has 2 heterocycles. The number of rotatable bonds is 4. The molecule has 0 aromatic rings. The van der Waals surface area contributed by atoms with E-state index in [0.29, 0.717) is 26.2 Å². The van der Waals surface area contributed by atoms with Crippen molar-refractivity contribution in [3.8, 4) is 0 Å². The van der Waals surface area contributed by atoms with Gasteiger partial charge in [-0.05, 0) is 32.4 Å². The van der Waals surface area contributed by atoms with Gasteiger partial charge in [0.1, 0.15) is 0 Å². The van der Waals surface area contributed by atoms with Crippen LogP contribution in [0.15, 0.2) is 0 Å². The highest BCUT2D eigenvalue weighted by Crippen LogP contribution is 2.36. The summed E-state index contributed by atoms with van der Waals surface area (Å²) in [5.74, 6) is 0.235. The first-order chi connectivity index (χ1) is 9.89. The van der Waals surface area contributed by atoms with E-state index in [0.717, 1.165) is 38.8 Å². The van der Waals surface area contributed by atoms with Crippen molar-refractivity contribution >= 4 is 15.9 Å². The lowest BCUT2D eigenvalue weighted by Crippen LogP contribution is -2.56. The highest BCUT2D eigenvalue weighted by Gasteiger charge is 2.42. The van der Waals surface area contributed by atoms with E-state index in [2.05, 4.69) is 12.2 Å². The van der Waals surface area contributed by atoms with Crippen molar-refractivity contribution in [2.45, 2.75) is 32.6 Å². The van der Waals surface area contributed by atoms with Gasteiger partial charge in [-0.2, -0.15) is 4.31 Å². The second kappa shape index (κ2) is 6.62. The summed E-state index contributed by atoms with van der Waals surface area (Å²) in [6.45, 7) is 5.80. The Kier molecular flexibility index (Phi) is 5.27. The summed E-state index contributed by atoms with van der Waals surface area (Å²) < 4.78 is 24.6. The molecule has 122 valence electrons. The Morgan fingerprint density at radius 2 is 1.71 bits per heavy atom. The Labute approximate surface area is 127 Å². The minimum absolute atomic E-state index is 0.229. The lowest BCUT2D eigenvalue weighted by molar-refractivity contribution is -0.145. The summed E-state index contributed by atoms with van der Waals surface area (Å²) in [5.41, 5.74) is -0.229. The summed E-state index contributed by atoms with van der Waals surface area (Å²) >= 11 is 0. The SMILES string of the molecule is CCCC1(C(=O)N2CCN(S(C)(=O)=O)CC2)CCNCC1. The highest BCUT2D eigenvalue weighted by atomic mass is 32.2. The van der Waals surface area contributed by atoms with Crippen LogP contribution in [-0.4, -0.2) is 69.1 Å². The summed E-state index contributed by atoms with van der Waals surface area (Å²) in [6.07, 6.45) is 4.96. The van der Waals surface area contributed by atoms with Crippen LogP contribution in [0.1, 0.15) is 32.6 Å². The maximum atomic E-state index is 13.0. The van der Waals surface area contributed by atoms with Crippen molar-refractivity contribution in [1.82, 2.24) is 14.5 Å². The van der Waals surface area contributed by atoms with Crippen molar-refractivity contribution in [2.24, 2.45) is 5.41 Å². The fourth-order valence-corrected chi connectivity index (χ4v) is 4.34. The molecule has 0 aromatic carbocycles. The van der Waals surface area contributed by atoms with E-state index >= 15 is 0 Å². The van der Waals surface area contributed by atoms with E-state index in [9.17, 15) is 13.2 Å². The standard InChI is InChI=1S/C14H27N3O3S/c1-3-4-14(5-7-15-8-6-14)13(18)16-9-11-17(12-10-16)21(2,19)20/h15H,3-12H2,1-2H3. The maximum Gasteiger partial charge on any atom is 0.228 e. The van der Waals surface area contributed by atoms with Crippen LogP contribution in [0.5, 0.6) is 0 Å². The van der Waals surface area contributed by atoms with E-state index in [4.69, 9.17) is 0 Å². The molecule has 1 amide bonds. The van der Waals surface area contributed by atoms with Crippen molar-refractivity contribution in [1.29, 1.82) is 0 Å². The Hall–Kier alpha value is -0.660. The zero-order valence-electron chi connectivity index (χ0n) is 13.1. The molecule has 0 aromatic heterocycles. The topological polar surface area (TPSA) is 69.7 Å². The van der Waals surface area contributed by atoms with Gasteiger partial charge in [0.05, 0.1) is 11.7 Å². The van der Waals surface area contributed by atoms with Gasteiger partial charge in [-0.1, -0.05) is 13.3 Å². The highest BCUT2D eigenvalue weighted by molar-refractivity contribution is 7.88. The number of hydrogen-bond donors (Lipinski definition) is 1. The van der Waals surface area contributed by atoms with Crippen LogP contribution in [0.2, 0.25) is 0 Å². The van der Waals surface area contributed by atoms with Crippen molar-refractivity contribution in [3.05, 3.63) is 0 Å². The molecule has 1 N–H and O–H groups in total. The normalized spacial score (nSPS) is 24.0. The van der Waals surface area contributed by atoms with E-state index in [1.165, 1.54) is 10.6 Å². The van der Waals surface area contributed by atoms with Gasteiger partial charge in [0, 0.05) is 26.2 Å². The van der Waals surface area contributed by atoms with Crippen LogP contribution >= 0.6 is 0 Å². The molecule has 0 aliphatic carbocycles. The fraction of sp³-hybridized carbons (Fsp3) is 0.929. The van der Waals surface area contributed by atoms with Crippen molar-refractivity contribution < 1.29 is 13.2 Å². The molecule has 2 fully saturated rings. The van der Waals surface area contributed by atoms with Gasteiger partial charge < -0.3 is 10.2 Å². The van der Waals surface area contributed by atoms with Gasteiger partial charge in [0.2, 0.25) is 15.9 Å². The lowest BCUT2D eigenvalue weighted by Gasteiger charge is -2.42. The van der Waals surface area contributed by atoms with Crippen LogP contribution in [-0.2, 0) is 14.8 Å². The van der Waals surface area contributed by atoms with E-state index in [1.807, 2.05) is 4.90 Å². The van der Waals surface area contributed by atoms with Crippen LogP contribution in [0.25, 0.3) is 0 Å². The molecule has 7 heteroatoms. The van der Waals surface area contributed by atoms with Crippen LogP contribution in [0.4, 0.5) is 0 Å². The smallest absolute Gasteiger partial charge is 0.228 e. The number of sulfonamides is 1. The molecule has 0 radical (unpaired) electrons. The van der Waals surface area contributed by atoms with Gasteiger partial charge in [-0.3, -0.25) is 4.79 Å². The van der Waals surface area contributed by atoms with Crippen LogP contribution < -0.4 is 5.32 Å². The third kappa shape index (κ3) is 3.76. The predicted molar refractivity (Wildman–Crippen MR) is 82.4 cm³/mol. The minimum Gasteiger partial charge on any atom is -0.340 e. The first kappa shape index (κ1) is 16.7. The number of piperazine rings is 1. The summed E-state index contributed by atoms with van der Waals surface area (Å²) in [4.78, 5) is 14.8. The fourth-order valence-electron chi connectivity index (χ4n) is 3.51. The molecule has 0 bridgehead atoms. The number of carbonyl (C=O) groups is 1. The molecular weight excluding hydrogens is 290 g/mol. The molecular formula is C14H27N3O3S. The molecule has 2 aliphatic rings. The molecule has 0 unspecified atom stereocenters. The molecule has 0 saturated carbocycles. The number of hydrogen-bond acceptors (Lipinski definition) is 4. The second-order valence-corrected chi connectivity index (χ2v) is 8.22. The van der Waals surface area contributed by atoms with Crippen LogP contribution in [0, 0.1) is 5.41 Å². The zero-order valence-corrected chi connectivity index (χ0v) is 13.9. The summed E-state index contributed by atoms with van der Waals surface area (Å²) in [6, 6.07) is 0. The second-order valence-electron chi connectivity index (χ2n) is 6.23. The predicted octanol–water partition coefficient (Wildman–Crippen LogP) is 0.260. The molecule has 2 rings (SSSR count). The van der Waals surface area contributed by atoms with Crippen molar-refractivity contribution in [3.63, 3.8) is 0 Å². The van der Waals surface area contributed by atoms with Crippen molar-refractivity contribution in [2.75, 3.05) is 45.5 Å².